The molecule has 1 aromatic heterocycles. The summed E-state index contributed by atoms with van der Waals surface area (Å²) in [5, 5.41) is 15.6. The highest BCUT2D eigenvalue weighted by Crippen LogP contribution is 2.61. The summed E-state index contributed by atoms with van der Waals surface area (Å²) in [6, 6.07) is 13.8. The first-order valence-corrected chi connectivity index (χ1v) is 12.4. The smallest absolute Gasteiger partial charge is 0.226 e. The molecule has 3 aromatic rings. The Labute approximate surface area is 199 Å². The van der Waals surface area contributed by atoms with Gasteiger partial charge in [-0.2, -0.15) is 4.80 Å². The van der Waals surface area contributed by atoms with Gasteiger partial charge in [0.1, 0.15) is 11.0 Å². The molecule has 4 aliphatic rings. The highest BCUT2D eigenvalue weighted by atomic mass is 32.1. The van der Waals surface area contributed by atoms with Crippen molar-refractivity contribution < 1.29 is 4.79 Å². The van der Waals surface area contributed by atoms with Gasteiger partial charge in [0, 0.05) is 12.1 Å². The average molecular weight is 460 g/mol. The molecule has 1 heterocycles. The third-order valence-corrected chi connectivity index (χ3v) is 8.06. The highest BCUT2D eigenvalue weighted by molar-refractivity contribution is 7.80. The summed E-state index contributed by atoms with van der Waals surface area (Å²) < 4.78 is 0. The molecule has 4 fully saturated rings. The quantitative estimate of drug-likeness (QED) is 0.528. The van der Waals surface area contributed by atoms with Crippen LogP contribution in [0.25, 0.3) is 16.7 Å². The van der Waals surface area contributed by atoms with Crippen molar-refractivity contribution >= 4 is 40.0 Å². The maximum Gasteiger partial charge on any atom is 0.226 e. The number of aromatic nitrogens is 3. The van der Waals surface area contributed by atoms with Gasteiger partial charge < -0.3 is 10.6 Å². The van der Waals surface area contributed by atoms with Crippen LogP contribution in [0.15, 0.2) is 42.5 Å². The van der Waals surface area contributed by atoms with Crippen molar-refractivity contribution in [2.24, 2.45) is 23.2 Å². The Morgan fingerprint density at radius 1 is 1.00 bits per heavy atom. The molecule has 6 nitrogen and oxygen atoms in total. The van der Waals surface area contributed by atoms with Crippen LogP contribution in [-0.4, -0.2) is 26.0 Å². The van der Waals surface area contributed by atoms with Gasteiger partial charge in [0.2, 0.25) is 5.91 Å². The summed E-state index contributed by atoms with van der Waals surface area (Å²) in [7, 11) is 0. The lowest BCUT2D eigenvalue weighted by Crippen LogP contribution is -2.48. The van der Waals surface area contributed by atoms with E-state index in [9.17, 15) is 4.79 Å². The van der Waals surface area contributed by atoms with Gasteiger partial charge in [-0.3, -0.25) is 4.79 Å². The first kappa shape index (κ1) is 20.8. The summed E-state index contributed by atoms with van der Waals surface area (Å²) in [5.41, 5.74) is 4.68. The van der Waals surface area contributed by atoms with Crippen LogP contribution in [0.1, 0.15) is 50.5 Å². The van der Waals surface area contributed by atoms with E-state index < -0.39 is 0 Å². The molecule has 2 aromatic carbocycles. The van der Waals surface area contributed by atoms with Crippen LogP contribution in [0.4, 0.5) is 5.69 Å². The number of anilines is 1. The number of fused-ring (bicyclic) bond motifs is 1. The van der Waals surface area contributed by atoms with Crippen molar-refractivity contribution in [3.05, 3.63) is 48.0 Å². The van der Waals surface area contributed by atoms with E-state index in [1.807, 2.05) is 42.5 Å². The molecule has 0 spiro atoms. The van der Waals surface area contributed by atoms with Crippen molar-refractivity contribution in [2.45, 2.75) is 51.9 Å². The number of amides is 1. The fraction of sp³-hybridized carbons (Fsp3) is 0.462. The van der Waals surface area contributed by atoms with Crippen LogP contribution in [-0.2, 0) is 4.79 Å². The molecule has 0 saturated heterocycles. The van der Waals surface area contributed by atoms with Gasteiger partial charge in [-0.25, -0.2) is 0 Å². The third-order valence-electron chi connectivity index (χ3n) is 7.86. The zero-order chi connectivity index (χ0) is 22.6. The Morgan fingerprint density at radius 3 is 2.30 bits per heavy atom. The van der Waals surface area contributed by atoms with E-state index in [-0.39, 0.29) is 11.3 Å². The number of carbonyl (C=O) groups excluding carboxylic acids is 1. The first-order chi connectivity index (χ1) is 15.9. The van der Waals surface area contributed by atoms with Gasteiger partial charge in [0.15, 0.2) is 5.11 Å². The highest BCUT2D eigenvalue weighted by Gasteiger charge is 2.51. The van der Waals surface area contributed by atoms with Crippen LogP contribution in [0.5, 0.6) is 0 Å². The minimum absolute atomic E-state index is 0.0424. The molecule has 0 aliphatic heterocycles. The van der Waals surface area contributed by atoms with Crippen LogP contribution in [0, 0.1) is 30.1 Å². The second-order valence-electron chi connectivity index (χ2n) is 10.6. The van der Waals surface area contributed by atoms with Crippen LogP contribution in [0.2, 0.25) is 0 Å². The Bertz CT molecular complexity index is 1200. The van der Waals surface area contributed by atoms with E-state index in [0.717, 1.165) is 40.2 Å². The standard InChI is InChI=1S/C26H29N5OS/c1-16-2-5-21(6-3-16)31-29-22-7-4-20(11-23(22)30-31)27-25(33)28-24(32)15-26-12-17-8-18(13-26)10-19(9-17)14-26/h2-7,11,17-19H,8-10,12-15H2,1H3,(H2,27,28,32,33). The summed E-state index contributed by atoms with van der Waals surface area (Å²) >= 11 is 5.45. The molecule has 4 aliphatic carbocycles. The summed E-state index contributed by atoms with van der Waals surface area (Å²) in [5.74, 6) is 2.57. The Balaban J connectivity index is 1.10. The Morgan fingerprint density at radius 2 is 1.64 bits per heavy atom. The fourth-order valence-electron chi connectivity index (χ4n) is 6.97. The number of thiocarbonyl (C=S) groups is 1. The molecule has 7 heteroatoms. The van der Waals surface area contributed by atoms with E-state index in [4.69, 9.17) is 12.2 Å². The molecular weight excluding hydrogens is 430 g/mol. The number of aryl methyl sites for hydroxylation is 1. The van der Waals surface area contributed by atoms with Gasteiger partial charge in [-0.05, 0) is 111 Å². The molecule has 0 radical (unpaired) electrons. The maximum absolute atomic E-state index is 12.9. The number of hydrogen-bond donors (Lipinski definition) is 2. The summed E-state index contributed by atoms with van der Waals surface area (Å²) in [6.07, 6.45) is 8.43. The first-order valence-electron chi connectivity index (χ1n) is 12.0. The molecule has 33 heavy (non-hydrogen) atoms. The molecule has 4 bridgehead atoms. The van der Waals surface area contributed by atoms with Gasteiger partial charge in [-0.15, -0.1) is 10.2 Å². The molecule has 7 rings (SSSR count). The van der Waals surface area contributed by atoms with E-state index in [1.54, 1.807) is 4.80 Å². The minimum atomic E-state index is 0.0424. The topological polar surface area (TPSA) is 71.8 Å². The lowest BCUT2D eigenvalue weighted by molar-refractivity contribution is -0.127. The minimum Gasteiger partial charge on any atom is -0.332 e. The zero-order valence-corrected chi connectivity index (χ0v) is 19.7. The predicted octanol–water partition coefficient (Wildman–Crippen LogP) is 5.15. The molecule has 0 atom stereocenters. The van der Waals surface area contributed by atoms with Gasteiger partial charge in [0.05, 0.1) is 5.69 Å². The number of rotatable bonds is 4. The van der Waals surface area contributed by atoms with Gasteiger partial charge in [0.25, 0.3) is 0 Å². The maximum atomic E-state index is 12.9. The molecule has 0 unspecified atom stereocenters. The Kier molecular flexibility index (Phi) is 4.98. The summed E-state index contributed by atoms with van der Waals surface area (Å²) in [6.45, 7) is 2.06. The summed E-state index contributed by atoms with van der Waals surface area (Å²) in [4.78, 5) is 14.5. The molecule has 4 saturated carbocycles. The predicted molar refractivity (Wildman–Crippen MR) is 133 cm³/mol. The van der Waals surface area contributed by atoms with Crippen molar-refractivity contribution in [3.8, 4) is 5.69 Å². The Hall–Kier alpha value is -2.80. The van der Waals surface area contributed by atoms with Crippen molar-refractivity contribution in [1.82, 2.24) is 20.3 Å². The molecule has 1 amide bonds. The van der Waals surface area contributed by atoms with Crippen molar-refractivity contribution in [1.29, 1.82) is 0 Å². The largest absolute Gasteiger partial charge is 0.332 e. The van der Waals surface area contributed by atoms with Crippen LogP contribution < -0.4 is 10.6 Å². The number of nitrogens with zero attached hydrogens (tertiary/aromatic N) is 3. The molecular formula is C26H29N5OS. The monoisotopic (exact) mass is 459 g/mol. The SMILES string of the molecule is Cc1ccc(-n2nc3ccc(NC(=S)NC(=O)CC45CC6CC(CC(C6)C4)C5)cc3n2)cc1. The van der Waals surface area contributed by atoms with Crippen LogP contribution >= 0.6 is 12.2 Å². The van der Waals surface area contributed by atoms with E-state index in [0.29, 0.717) is 11.5 Å². The van der Waals surface area contributed by atoms with Crippen LogP contribution in [0.3, 0.4) is 0 Å². The lowest BCUT2D eigenvalue weighted by atomic mass is 9.49. The fourth-order valence-corrected chi connectivity index (χ4v) is 7.20. The number of carbonyl (C=O) groups is 1. The normalized spacial score (nSPS) is 27.6. The number of nitrogens with one attached hydrogen (secondary N) is 2. The van der Waals surface area contributed by atoms with Crippen molar-refractivity contribution in [3.63, 3.8) is 0 Å². The van der Waals surface area contributed by atoms with Gasteiger partial charge in [-0.1, -0.05) is 17.7 Å². The number of benzene rings is 2. The molecule has 2 N–H and O–H groups in total. The zero-order valence-electron chi connectivity index (χ0n) is 18.9. The van der Waals surface area contributed by atoms with E-state index >= 15 is 0 Å². The second-order valence-corrected chi connectivity index (χ2v) is 11.0. The van der Waals surface area contributed by atoms with Crippen molar-refractivity contribution in [2.75, 3.05) is 5.32 Å². The van der Waals surface area contributed by atoms with Gasteiger partial charge >= 0.3 is 0 Å². The lowest BCUT2D eigenvalue weighted by Gasteiger charge is -2.56. The van der Waals surface area contributed by atoms with E-state index in [2.05, 4.69) is 27.8 Å². The average Bonchev–Trinajstić information content (AvgIpc) is 3.16. The third kappa shape index (κ3) is 4.14. The molecule has 170 valence electrons. The van der Waals surface area contributed by atoms with E-state index in [1.165, 1.54) is 44.1 Å². The second kappa shape index (κ2) is 7.90. The number of hydrogen-bond acceptors (Lipinski definition) is 4.